The van der Waals surface area contributed by atoms with Gasteiger partial charge in [-0.2, -0.15) is 0 Å². The van der Waals surface area contributed by atoms with Crippen LogP contribution in [0.25, 0.3) is 0 Å². The maximum Gasteiger partial charge on any atom is 0.326 e. The number of unbranched alkanes of at least 4 members (excludes halogenated alkanes) is 1. The molecule has 2 rings (SSSR count). The number of aliphatic carboxylic acids is 1. The molecule has 4 unspecified atom stereocenters. The lowest BCUT2D eigenvalue weighted by atomic mass is 10.0. The van der Waals surface area contributed by atoms with Crippen molar-refractivity contribution in [3.8, 4) is 0 Å². The van der Waals surface area contributed by atoms with Crippen molar-refractivity contribution in [2.45, 2.75) is 69.1 Å². The number of H-pyrrole nitrogens is 1. The summed E-state index contributed by atoms with van der Waals surface area (Å²) in [5, 5.41) is 17.1. The molecule has 0 radical (unpaired) electrons. The van der Waals surface area contributed by atoms with Gasteiger partial charge in [-0.15, -0.1) is 0 Å². The van der Waals surface area contributed by atoms with E-state index in [0.717, 1.165) is 5.56 Å². The van der Waals surface area contributed by atoms with Crippen LogP contribution in [-0.4, -0.2) is 75.4 Å². The third-order valence-electron chi connectivity index (χ3n) is 6.12. The predicted molar refractivity (Wildman–Crippen MR) is 145 cm³/mol. The Labute approximate surface area is 231 Å². The highest BCUT2D eigenvalue weighted by atomic mass is 16.4. The summed E-state index contributed by atoms with van der Waals surface area (Å²) in [7, 11) is 0. The minimum absolute atomic E-state index is 0.0449. The van der Waals surface area contributed by atoms with Gasteiger partial charge in [0.1, 0.15) is 18.1 Å². The predicted octanol–water partition coefficient (Wildman–Crippen LogP) is -1.54. The number of carboxylic acids is 1. The van der Waals surface area contributed by atoms with Crippen LogP contribution in [-0.2, 0) is 36.8 Å². The van der Waals surface area contributed by atoms with Gasteiger partial charge < -0.3 is 43.2 Å². The summed E-state index contributed by atoms with van der Waals surface area (Å²) in [4.78, 5) is 68.8. The van der Waals surface area contributed by atoms with Gasteiger partial charge in [-0.1, -0.05) is 30.3 Å². The first kappa shape index (κ1) is 31.9. The van der Waals surface area contributed by atoms with Crippen molar-refractivity contribution in [2.75, 3.05) is 6.54 Å². The number of carboxylic acid groups (broad SMARTS) is 1. The van der Waals surface area contributed by atoms with Gasteiger partial charge in [0, 0.05) is 24.7 Å². The van der Waals surface area contributed by atoms with Crippen LogP contribution in [0.2, 0.25) is 0 Å². The smallest absolute Gasteiger partial charge is 0.326 e. The van der Waals surface area contributed by atoms with E-state index in [9.17, 15) is 29.1 Å². The maximum absolute atomic E-state index is 13.4. The Balaban J connectivity index is 2.16. The Hall–Kier alpha value is -4.30. The molecule has 14 heteroatoms. The maximum atomic E-state index is 13.4. The third-order valence-corrected chi connectivity index (χ3v) is 6.12. The standard InChI is InChI=1S/C26H38N8O6/c27-11-5-4-8-19(32-23(36)18(28)12-16-6-2-1-3-7-16)24(37)34-21(13-17-14-30-15-31-17)25(38)33-20(26(39)40)9-10-22(29)35/h1-3,6-7,14-15,18-21H,4-5,8-13,27-28H2,(H2,29,35)(H,30,31)(H,32,36)(H,33,38)(H,34,37)(H,39,40). The Bertz CT molecular complexity index is 1110. The first-order chi connectivity index (χ1) is 19.1. The van der Waals surface area contributed by atoms with Crippen LogP contribution < -0.4 is 33.2 Å². The Morgan fingerprint density at radius 2 is 1.52 bits per heavy atom. The van der Waals surface area contributed by atoms with Crippen LogP contribution in [0.1, 0.15) is 43.4 Å². The van der Waals surface area contributed by atoms with Crippen molar-refractivity contribution in [3.63, 3.8) is 0 Å². The summed E-state index contributed by atoms with van der Waals surface area (Å²) in [5.41, 5.74) is 18.2. The number of carbonyl (C=O) groups is 5. The summed E-state index contributed by atoms with van der Waals surface area (Å²) >= 11 is 0. The number of primary amides is 1. The number of nitrogens with zero attached hydrogens (tertiary/aromatic N) is 1. The minimum atomic E-state index is -1.41. The number of hydrogen-bond donors (Lipinski definition) is 8. The fraction of sp³-hybridized carbons (Fsp3) is 0.462. The number of imidazole rings is 1. The van der Waals surface area contributed by atoms with E-state index < -0.39 is 53.8 Å². The van der Waals surface area contributed by atoms with Gasteiger partial charge in [-0.3, -0.25) is 19.2 Å². The quantitative estimate of drug-likeness (QED) is 0.0985. The molecule has 2 aromatic rings. The van der Waals surface area contributed by atoms with Crippen LogP contribution in [0.3, 0.4) is 0 Å². The molecular weight excluding hydrogens is 520 g/mol. The normalized spacial score (nSPS) is 13.8. The van der Waals surface area contributed by atoms with Crippen LogP contribution in [0.4, 0.5) is 0 Å². The molecule has 40 heavy (non-hydrogen) atoms. The number of nitrogens with two attached hydrogens (primary N) is 3. The first-order valence-corrected chi connectivity index (χ1v) is 13.0. The molecule has 0 saturated carbocycles. The van der Waals surface area contributed by atoms with Gasteiger partial charge in [0.05, 0.1) is 12.4 Å². The molecule has 0 aliphatic carbocycles. The van der Waals surface area contributed by atoms with E-state index in [1.54, 1.807) is 0 Å². The van der Waals surface area contributed by atoms with Crippen molar-refractivity contribution >= 4 is 29.6 Å². The highest BCUT2D eigenvalue weighted by Crippen LogP contribution is 2.07. The molecule has 0 aliphatic heterocycles. The van der Waals surface area contributed by atoms with Gasteiger partial charge in [-0.25, -0.2) is 9.78 Å². The number of rotatable bonds is 18. The van der Waals surface area contributed by atoms with E-state index in [2.05, 4.69) is 25.9 Å². The zero-order valence-electron chi connectivity index (χ0n) is 22.2. The molecule has 4 atom stereocenters. The minimum Gasteiger partial charge on any atom is -0.480 e. The lowest BCUT2D eigenvalue weighted by Crippen LogP contribution is -2.57. The van der Waals surface area contributed by atoms with Gasteiger partial charge in [0.25, 0.3) is 0 Å². The van der Waals surface area contributed by atoms with Crippen LogP contribution >= 0.6 is 0 Å². The molecule has 1 heterocycles. The number of benzene rings is 1. The molecule has 0 saturated heterocycles. The van der Waals surface area contributed by atoms with Crippen molar-refractivity contribution in [1.82, 2.24) is 25.9 Å². The van der Waals surface area contributed by atoms with Crippen LogP contribution in [0.15, 0.2) is 42.9 Å². The summed E-state index contributed by atoms with van der Waals surface area (Å²) in [6.45, 7) is 0.391. The van der Waals surface area contributed by atoms with E-state index >= 15 is 0 Å². The molecule has 1 aromatic carbocycles. The lowest BCUT2D eigenvalue weighted by molar-refractivity contribution is -0.142. The molecule has 0 aliphatic rings. The SMILES string of the molecule is NCCCCC(NC(=O)C(N)Cc1ccccc1)C(=O)NC(Cc1cnc[nH]1)C(=O)NC(CCC(N)=O)C(=O)O. The molecule has 4 amide bonds. The average Bonchev–Trinajstić information content (AvgIpc) is 3.43. The molecule has 0 fully saturated rings. The molecule has 218 valence electrons. The zero-order valence-corrected chi connectivity index (χ0v) is 22.2. The van der Waals surface area contributed by atoms with E-state index in [1.807, 2.05) is 30.3 Å². The number of carbonyl (C=O) groups excluding carboxylic acids is 4. The highest BCUT2D eigenvalue weighted by molar-refractivity contribution is 5.94. The summed E-state index contributed by atoms with van der Waals surface area (Å²) in [6, 6.07) is 4.61. The number of nitrogens with one attached hydrogen (secondary N) is 4. The summed E-state index contributed by atoms with van der Waals surface area (Å²) in [5.74, 6) is -4.07. The number of aromatic amines is 1. The van der Waals surface area contributed by atoms with Crippen molar-refractivity contribution < 1.29 is 29.1 Å². The summed E-state index contributed by atoms with van der Waals surface area (Å²) in [6.07, 6.45) is 3.95. The first-order valence-electron chi connectivity index (χ1n) is 13.0. The molecule has 0 spiro atoms. The van der Waals surface area contributed by atoms with Crippen molar-refractivity contribution in [2.24, 2.45) is 17.2 Å². The molecule has 14 nitrogen and oxygen atoms in total. The molecular formula is C26H38N8O6. The van der Waals surface area contributed by atoms with Gasteiger partial charge >= 0.3 is 5.97 Å². The van der Waals surface area contributed by atoms with E-state index in [1.165, 1.54) is 12.5 Å². The molecule has 0 bridgehead atoms. The van der Waals surface area contributed by atoms with Gasteiger partial charge in [0.15, 0.2) is 0 Å². The average molecular weight is 559 g/mol. The van der Waals surface area contributed by atoms with Gasteiger partial charge in [0.2, 0.25) is 23.6 Å². The van der Waals surface area contributed by atoms with Crippen LogP contribution in [0, 0.1) is 0 Å². The Morgan fingerprint density at radius 3 is 2.12 bits per heavy atom. The number of aromatic nitrogens is 2. The lowest BCUT2D eigenvalue weighted by Gasteiger charge is -2.25. The second kappa shape index (κ2) is 16.6. The third kappa shape index (κ3) is 11.2. The van der Waals surface area contributed by atoms with Crippen LogP contribution in [0.5, 0.6) is 0 Å². The number of amides is 4. The van der Waals surface area contributed by atoms with Crippen molar-refractivity contribution in [1.29, 1.82) is 0 Å². The molecule has 11 N–H and O–H groups in total. The largest absolute Gasteiger partial charge is 0.480 e. The second-order valence-electron chi connectivity index (χ2n) is 9.39. The summed E-state index contributed by atoms with van der Waals surface area (Å²) < 4.78 is 0. The topological polar surface area (TPSA) is 248 Å². The number of hydrogen-bond acceptors (Lipinski definition) is 8. The second-order valence-corrected chi connectivity index (χ2v) is 9.39. The molecule has 1 aromatic heterocycles. The Kier molecular flexibility index (Phi) is 13.3. The fourth-order valence-electron chi connectivity index (χ4n) is 3.92. The van der Waals surface area contributed by atoms with E-state index in [4.69, 9.17) is 17.2 Å². The van der Waals surface area contributed by atoms with E-state index in [-0.39, 0.29) is 32.1 Å². The monoisotopic (exact) mass is 558 g/mol. The van der Waals surface area contributed by atoms with Gasteiger partial charge in [-0.05, 0) is 44.2 Å². The Morgan fingerprint density at radius 1 is 0.875 bits per heavy atom. The fourth-order valence-corrected chi connectivity index (χ4v) is 3.92. The van der Waals surface area contributed by atoms with Crippen molar-refractivity contribution in [3.05, 3.63) is 54.1 Å². The highest BCUT2D eigenvalue weighted by Gasteiger charge is 2.31. The van der Waals surface area contributed by atoms with E-state index in [0.29, 0.717) is 25.1 Å². The zero-order chi connectivity index (χ0) is 29.5.